The number of hydrogen-bond acceptors (Lipinski definition) is 5. The Morgan fingerprint density at radius 1 is 0.969 bits per heavy atom. The van der Waals surface area contributed by atoms with Gasteiger partial charge in [0.15, 0.2) is 0 Å². The predicted octanol–water partition coefficient (Wildman–Crippen LogP) is 1.56. The molecule has 180 valence electrons. The molecule has 8 heteroatoms. The Kier molecular flexibility index (Phi) is 10.3. The molecular formula is C24H40N4O4. The summed E-state index contributed by atoms with van der Waals surface area (Å²) in [5.41, 5.74) is 12.1. The summed E-state index contributed by atoms with van der Waals surface area (Å²) in [6.45, 7) is 9.58. The molecule has 1 aromatic rings. The van der Waals surface area contributed by atoms with Crippen LogP contribution in [0.2, 0.25) is 0 Å². The lowest BCUT2D eigenvalue weighted by atomic mass is 9.99. The van der Waals surface area contributed by atoms with Gasteiger partial charge in [0.2, 0.25) is 17.7 Å². The van der Waals surface area contributed by atoms with Gasteiger partial charge < -0.3 is 26.0 Å². The molecule has 0 aliphatic rings. The number of primary amides is 1. The minimum absolute atomic E-state index is 0.0338. The van der Waals surface area contributed by atoms with Crippen LogP contribution >= 0.6 is 0 Å². The molecule has 1 unspecified atom stereocenters. The van der Waals surface area contributed by atoms with Gasteiger partial charge in [-0.3, -0.25) is 14.4 Å². The number of carbonyl (C=O) groups is 3. The van der Waals surface area contributed by atoms with Crippen molar-refractivity contribution in [2.45, 2.75) is 71.2 Å². The lowest BCUT2D eigenvalue weighted by Crippen LogP contribution is -2.57. The van der Waals surface area contributed by atoms with Crippen LogP contribution in [0.1, 0.15) is 46.6 Å². The van der Waals surface area contributed by atoms with Crippen molar-refractivity contribution in [1.82, 2.24) is 9.80 Å². The summed E-state index contributed by atoms with van der Waals surface area (Å²) in [7, 11) is 3.11. The fourth-order valence-corrected chi connectivity index (χ4v) is 3.35. The van der Waals surface area contributed by atoms with E-state index in [1.54, 1.807) is 14.1 Å². The zero-order chi connectivity index (χ0) is 24.6. The van der Waals surface area contributed by atoms with Crippen LogP contribution in [0.25, 0.3) is 0 Å². The average Bonchev–Trinajstić information content (AvgIpc) is 2.72. The van der Waals surface area contributed by atoms with Crippen LogP contribution in [0.15, 0.2) is 30.3 Å². The Balaban J connectivity index is 3.16. The molecule has 1 rings (SSSR count). The maximum atomic E-state index is 13.5. The minimum Gasteiger partial charge on any atom is -0.374 e. The lowest BCUT2D eigenvalue weighted by Gasteiger charge is -2.35. The van der Waals surface area contributed by atoms with Crippen molar-refractivity contribution in [2.75, 3.05) is 20.7 Å². The summed E-state index contributed by atoms with van der Waals surface area (Å²) < 4.78 is 5.65. The predicted molar refractivity (Wildman–Crippen MR) is 126 cm³/mol. The first-order valence-corrected chi connectivity index (χ1v) is 11.0. The largest absolute Gasteiger partial charge is 0.374 e. The first-order valence-electron chi connectivity index (χ1n) is 11.0. The number of amides is 3. The Morgan fingerprint density at radius 2 is 1.50 bits per heavy atom. The quantitative estimate of drug-likeness (QED) is 0.532. The van der Waals surface area contributed by atoms with Crippen LogP contribution in [-0.4, -0.2) is 72.0 Å². The Bertz CT molecular complexity index is 761. The van der Waals surface area contributed by atoms with Gasteiger partial charge in [-0.1, -0.05) is 44.2 Å². The molecule has 0 aliphatic heterocycles. The van der Waals surface area contributed by atoms with E-state index in [0.717, 1.165) is 5.56 Å². The van der Waals surface area contributed by atoms with Crippen LogP contribution in [0.4, 0.5) is 0 Å². The third-order valence-corrected chi connectivity index (χ3v) is 5.22. The second-order valence-electron chi connectivity index (χ2n) is 9.68. The minimum atomic E-state index is -0.918. The molecule has 32 heavy (non-hydrogen) atoms. The van der Waals surface area contributed by atoms with E-state index in [1.165, 1.54) is 9.80 Å². The molecule has 3 atom stereocenters. The van der Waals surface area contributed by atoms with E-state index in [-0.39, 0.29) is 24.9 Å². The van der Waals surface area contributed by atoms with Gasteiger partial charge in [-0.2, -0.15) is 0 Å². The fraction of sp³-hybridized carbons (Fsp3) is 0.625. The lowest BCUT2D eigenvalue weighted by molar-refractivity contribution is -0.148. The van der Waals surface area contributed by atoms with Gasteiger partial charge in [0.05, 0.1) is 12.2 Å². The molecule has 4 N–H and O–H groups in total. The van der Waals surface area contributed by atoms with Crippen molar-refractivity contribution in [3.63, 3.8) is 0 Å². The van der Waals surface area contributed by atoms with Gasteiger partial charge >= 0.3 is 0 Å². The second kappa shape index (κ2) is 12.0. The van der Waals surface area contributed by atoms with Gasteiger partial charge in [0.25, 0.3) is 0 Å². The van der Waals surface area contributed by atoms with E-state index in [4.69, 9.17) is 16.2 Å². The standard InChI is InChI=1S/C24H40N4O4/c1-16(2)13-19(21(26)29)27(6)23(31)20(14-17-11-9-8-10-12-17)28(7)22(30)18(25)15-32-24(3,4)5/h8-12,16,18-20H,13-15,25H2,1-7H3,(H2,26,29)/t18?,19-,20-/m0/s1. The van der Waals surface area contributed by atoms with Gasteiger partial charge in [-0.25, -0.2) is 0 Å². The summed E-state index contributed by atoms with van der Waals surface area (Å²) >= 11 is 0. The topological polar surface area (TPSA) is 119 Å². The van der Waals surface area contributed by atoms with Crippen LogP contribution in [0, 0.1) is 5.92 Å². The van der Waals surface area contributed by atoms with Crippen LogP contribution in [0.5, 0.6) is 0 Å². The molecule has 0 bridgehead atoms. The van der Waals surface area contributed by atoms with E-state index in [2.05, 4.69) is 0 Å². The number of nitrogens with zero attached hydrogens (tertiary/aromatic N) is 2. The molecule has 0 saturated heterocycles. The second-order valence-corrected chi connectivity index (χ2v) is 9.68. The SMILES string of the molecule is CC(C)C[C@@H](C(N)=O)N(C)C(=O)[C@H](Cc1ccccc1)N(C)C(=O)C(N)COC(C)(C)C. The maximum absolute atomic E-state index is 13.5. The number of ether oxygens (including phenoxy) is 1. The molecular weight excluding hydrogens is 408 g/mol. The highest BCUT2D eigenvalue weighted by Gasteiger charge is 2.36. The summed E-state index contributed by atoms with van der Waals surface area (Å²) in [5, 5.41) is 0. The number of benzene rings is 1. The Morgan fingerprint density at radius 3 is 1.97 bits per heavy atom. The highest BCUT2D eigenvalue weighted by Crippen LogP contribution is 2.17. The first kappa shape index (κ1) is 27.6. The molecule has 0 aromatic heterocycles. The molecule has 3 amide bonds. The van der Waals surface area contributed by atoms with E-state index in [1.807, 2.05) is 65.0 Å². The first-order chi connectivity index (χ1) is 14.7. The molecule has 0 saturated carbocycles. The van der Waals surface area contributed by atoms with Crippen LogP contribution in [0.3, 0.4) is 0 Å². The Hall–Kier alpha value is -2.45. The van der Waals surface area contributed by atoms with Crippen molar-refractivity contribution < 1.29 is 19.1 Å². The molecule has 8 nitrogen and oxygen atoms in total. The molecule has 0 fully saturated rings. The van der Waals surface area contributed by atoms with Crippen molar-refractivity contribution in [3.8, 4) is 0 Å². The number of rotatable bonds is 11. The number of carbonyl (C=O) groups excluding carboxylic acids is 3. The molecule has 0 spiro atoms. The summed E-state index contributed by atoms with van der Waals surface area (Å²) in [6, 6.07) is 6.88. The van der Waals surface area contributed by atoms with Crippen LogP contribution in [-0.2, 0) is 25.5 Å². The van der Waals surface area contributed by atoms with Gasteiger partial charge in [-0.15, -0.1) is 0 Å². The number of nitrogens with two attached hydrogens (primary N) is 2. The van der Waals surface area contributed by atoms with E-state index >= 15 is 0 Å². The summed E-state index contributed by atoms with van der Waals surface area (Å²) in [5.74, 6) is -1.18. The van der Waals surface area contributed by atoms with E-state index in [9.17, 15) is 14.4 Å². The molecule has 1 aromatic carbocycles. The smallest absolute Gasteiger partial charge is 0.246 e. The number of likely N-dealkylation sites (N-methyl/N-ethyl adjacent to an activating group) is 2. The number of hydrogen-bond donors (Lipinski definition) is 2. The third-order valence-electron chi connectivity index (χ3n) is 5.22. The highest BCUT2D eigenvalue weighted by atomic mass is 16.5. The third kappa shape index (κ3) is 8.59. The summed E-state index contributed by atoms with van der Waals surface area (Å²) in [4.78, 5) is 41.4. The zero-order valence-electron chi connectivity index (χ0n) is 20.5. The van der Waals surface area contributed by atoms with Gasteiger partial charge in [0.1, 0.15) is 18.1 Å². The van der Waals surface area contributed by atoms with E-state index < -0.39 is 35.5 Å². The molecule has 0 aliphatic carbocycles. The van der Waals surface area contributed by atoms with Crippen molar-refractivity contribution in [2.24, 2.45) is 17.4 Å². The molecule has 0 radical (unpaired) electrons. The van der Waals surface area contributed by atoms with Crippen molar-refractivity contribution >= 4 is 17.7 Å². The average molecular weight is 449 g/mol. The molecule has 0 heterocycles. The van der Waals surface area contributed by atoms with Gasteiger partial charge in [0, 0.05) is 20.5 Å². The van der Waals surface area contributed by atoms with Gasteiger partial charge in [-0.05, 0) is 38.7 Å². The zero-order valence-corrected chi connectivity index (χ0v) is 20.5. The van der Waals surface area contributed by atoms with E-state index in [0.29, 0.717) is 6.42 Å². The fourth-order valence-electron chi connectivity index (χ4n) is 3.35. The summed E-state index contributed by atoms with van der Waals surface area (Å²) in [6.07, 6.45) is 0.721. The highest BCUT2D eigenvalue weighted by molar-refractivity contribution is 5.92. The maximum Gasteiger partial charge on any atom is 0.246 e. The normalized spacial score (nSPS) is 14.5. The van der Waals surface area contributed by atoms with Crippen LogP contribution < -0.4 is 11.5 Å². The van der Waals surface area contributed by atoms with Crippen molar-refractivity contribution in [1.29, 1.82) is 0 Å². The monoisotopic (exact) mass is 448 g/mol. The Labute approximate surface area is 192 Å². The van der Waals surface area contributed by atoms with Crippen molar-refractivity contribution in [3.05, 3.63) is 35.9 Å².